The van der Waals surface area contributed by atoms with Crippen LogP contribution in [-0.2, 0) is 19.3 Å². The van der Waals surface area contributed by atoms with Crippen LogP contribution in [0.25, 0.3) is 0 Å². The van der Waals surface area contributed by atoms with Crippen molar-refractivity contribution in [3.8, 4) is 5.75 Å². The van der Waals surface area contributed by atoms with E-state index in [1.807, 2.05) is 6.92 Å². The highest BCUT2D eigenvalue weighted by atomic mass is 32.1. The van der Waals surface area contributed by atoms with E-state index in [1.165, 1.54) is 6.07 Å². The molecule has 0 aliphatic carbocycles. The maximum atomic E-state index is 12.6. The average Bonchev–Trinajstić information content (AvgIpc) is 3.07. The normalized spacial score (nSPS) is 12.3. The summed E-state index contributed by atoms with van der Waals surface area (Å²) in [7, 11) is 0. The first-order chi connectivity index (χ1) is 12.8. The summed E-state index contributed by atoms with van der Waals surface area (Å²) < 4.78 is 67.1. The van der Waals surface area contributed by atoms with Crippen molar-refractivity contribution < 1.29 is 26.7 Å². The highest BCUT2D eigenvalue weighted by Gasteiger charge is 2.33. The quantitative estimate of drug-likeness (QED) is 0.413. The van der Waals surface area contributed by atoms with Gasteiger partial charge in [0, 0.05) is 17.5 Å². The molecule has 1 aromatic heterocycles. The lowest BCUT2D eigenvalue weighted by Gasteiger charge is -2.12. The van der Waals surface area contributed by atoms with Gasteiger partial charge in [-0.1, -0.05) is 18.2 Å². The smallest absolute Gasteiger partial charge is 0.434 e. The van der Waals surface area contributed by atoms with Gasteiger partial charge in [0.2, 0.25) is 0 Å². The minimum absolute atomic E-state index is 0.0156. The second-order valence-corrected chi connectivity index (χ2v) is 6.10. The van der Waals surface area contributed by atoms with Crippen LogP contribution in [0.2, 0.25) is 0 Å². The van der Waals surface area contributed by atoms with Crippen LogP contribution >= 0.6 is 11.3 Å². The van der Waals surface area contributed by atoms with Crippen LogP contribution in [-0.4, -0.2) is 24.1 Å². The summed E-state index contributed by atoms with van der Waals surface area (Å²) in [5.41, 5.74) is -0.493. The van der Waals surface area contributed by atoms with Gasteiger partial charge in [-0.25, -0.2) is 9.98 Å². The van der Waals surface area contributed by atoms with Gasteiger partial charge in [0.05, 0.1) is 13.1 Å². The van der Waals surface area contributed by atoms with Gasteiger partial charge < -0.3 is 15.4 Å². The molecule has 148 valence electrons. The zero-order chi connectivity index (χ0) is 19.9. The maximum Gasteiger partial charge on any atom is 0.434 e. The van der Waals surface area contributed by atoms with Crippen molar-refractivity contribution in [1.29, 1.82) is 0 Å². The first-order valence-electron chi connectivity index (χ1n) is 7.86. The molecule has 0 atom stereocenters. The molecule has 5 nitrogen and oxygen atoms in total. The van der Waals surface area contributed by atoms with E-state index in [0.717, 1.165) is 16.7 Å². The predicted octanol–water partition coefficient (Wildman–Crippen LogP) is 4.02. The summed E-state index contributed by atoms with van der Waals surface area (Å²) in [6.07, 6.45) is -4.48. The van der Waals surface area contributed by atoms with Crippen molar-refractivity contribution in [3.63, 3.8) is 0 Å². The van der Waals surface area contributed by atoms with E-state index in [9.17, 15) is 22.0 Å². The number of para-hydroxylation sites is 1. The number of rotatable bonds is 7. The molecule has 2 rings (SSSR count). The largest absolute Gasteiger partial charge is 0.434 e. The van der Waals surface area contributed by atoms with Gasteiger partial charge in [-0.15, -0.1) is 11.3 Å². The molecular formula is C16H17F5N4OS. The Hall–Kier alpha value is -2.43. The molecule has 1 aromatic carbocycles. The number of nitrogens with one attached hydrogen (secondary N) is 2. The first kappa shape index (κ1) is 20.9. The fourth-order valence-corrected chi connectivity index (χ4v) is 2.77. The lowest BCUT2D eigenvalue weighted by Crippen LogP contribution is -2.36. The van der Waals surface area contributed by atoms with E-state index in [2.05, 4.69) is 25.3 Å². The lowest BCUT2D eigenvalue weighted by atomic mass is 10.2. The van der Waals surface area contributed by atoms with E-state index >= 15 is 0 Å². The number of nitrogens with zero attached hydrogens (tertiary/aromatic N) is 2. The van der Waals surface area contributed by atoms with Gasteiger partial charge in [-0.2, -0.15) is 22.0 Å². The van der Waals surface area contributed by atoms with Crippen molar-refractivity contribution in [3.05, 3.63) is 45.9 Å². The van der Waals surface area contributed by atoms with E-state index < -0.39 is 18.5 Å². The van der Waals surface area contributed by atoms with E-state index in [4.69, 9.17) is 0 Å². The number of hydrogen-bond acceptors (Lipinski definition) is 4. The third kappa shape index (κ3) is 6.66. The van der Waals surface area contributed by atoms with Gasteiger partial charge in [0.25, 0.3) is 0 Å². The molecule has 0 radical (unpaired) electrons. The number of aliphatic imine (C=N–C) groups is 1. The lowest BCUT2D eigenvalue weighted by molar-refractivity contribution is -0.140. The van der Waals surface area contributed by atoms with Crippen molar-refractivity contribution >= 4 is 17.3 Å². The van der Waals surface area contributed by atoms with Gasteiger partial charge in [0.1, 0.15) is 10.8 Å². The van der Waals surface area contributed by atoms with E-state index in [-0.39, 0.29) is 23.8 Å². The van der Waals surface area contributed by atoms with Crippen molar-refractivity contribution in [2.45, 2.75) is 32.8 Å². The fraction of sp³-hybridized carbons (Fsp3) is 0.375. The molecular weight excluding hydrogens is 391 g/mol. The van der Waals surface area contributed by atoms with Crippen LogP contribution in [0.15, 0.2) is 34.6 Å². The molecule has 1 heterocycles. The fourth-order valence-electron chi connectivity index (χ4n) is 2.03. The first-order valence-corrected chi connectivity index (χ1v) is 8.74. The molecule has 0 aliphatic heterocycles. The second-order valence-electron chi connectivity index (χ2n) is 5.16. The van der Waals surface area contributed by atoms with Crippen LogP contribution in [0.1, 0.15) is 23.2 Å². The molecule has 0 saturated carbocycles. The van der Waals surface area contributed by atoms with Gasteiger partial charge >= 0.3 is 12.8 Å². The Kier molecular flexibility index (Phi) is 7.34. The second kappa shape index (κ2) is 9.49. The molecule has 0 bridgehead atoms. The van der Waals surface area contributed by atoms with Crippen LogP contribution in [0.4, 0.5) is 22.0 Å². The maximum absolute atomic E-state index is 12.6. The topological polar surface area (TPSA) is 58.5 Å². The summed E-state index contributed by atoms with van der Waals surface area (Å²) in [5.74, 6) is 0.329. The SMILES string of the molecule is CCNC(=NCc1ccccc1OC(F)F)NCc1nc(C(F)(F)F)cs1. The van der Waals surface area contributed by atoms with Gasteiger partial charge in [-0.3, -0.25) is 0 Å². The molecule has 0 fully saturated rings. The average molecular weight is 408 g/mol. The number of alkyl halides is 5. The Morgan fingerprint density at radius 3 is 2.63 bits per heavy atom. The minimum atomic E-state index is -4.48. The Morgan fingerprint density at radius 1 is 1.26 bits per heavy atom. The van der Waals surface area contributed by atoms with Crippen LogP contribution in [0.5, 0.6) is 5.75 Å². The molecule has 0 spiro atoms. The Morgan fingerprint density at radius 2 is 2.00 bits per heavy atom. The number of halogens is 5. The van der Waals surface area contributed by atoms with Crippen molar-refractivity contribution in [1.82, 2.24) is 15.6 Å². The molecule has 0 aliphatic rings. The zero-order valence-corrected chi connectivity index (χ0v) is 15.0. The molecule has 27 heavy (non-hydrogen) atoms. The summed E-state index contributed by atoms with van der Waals surface area (Å²) in [4.78, 5) is 7.77. The number of aromatic nitrogens is 1. The van der Waals surface area contributed by atoms with Crippen molar-refractivity contribution in [2.75, 3.05) is 6.54 Å². The zero-order valence-electron chi connectivity index (χ0n) is 14.2. The molecule has 0 unspecified atom stereocenters. The van der Waals surface area contributed by atoms with Crippen LogP contribution in [0, 0.1) is 0 Å². The standard InChI is InChI=1S/C16H17F5N4OS/c1-2-22-15(24-8-13-25-12(9-27-13)16(19,20)21)23-7-10-5-3-4-6-11(10)26-14(17)18/h3-6,9,14H,2,7-8H2,1H3,(H2,22,23,24). The third-order valence-corrected chi connectivity index (χ3v) is 4.04. The summed E-state index contributed by atoms with van der Waals surface area (Å²) in [6.45, 7) is -0.539. The number of guanidine groups is 1. The molecule has 0 saturated heterocycles. The van der Waals surface area contributed by atoms with Crippen LogP contribution < -0.4 is 15.4 Å². The number of benzene rings is 1. The molecule has 11 heteroatoms. The molecule has 0 amide bonds. The Labute approximate surface area is 156 Å². The number of ether oxygens (including phenoxy) is 1. The minimum Gasteiger partial charge on any atom is -0.434 e. The number of thiazole rings is 1. The highest BCUT2D eigenvalue weighted by molar-refractivity contribution is 7.09. The Balaban J connectivity index is 2.03. The monoisotopic (exact) mass is 408 g/mol. The van der Waals surface area contributed by atoms with Gasteiger partial charge in [0.15, 0.2) is 11.7 Å². The highest BCUT2D eigenvalue weighted by Crippen LogP contribution is 2.29. The van der Waals surface area contributed by atoms with Crippen molar-refractivity contribution in [2.24, 2.45) is 4.99 Å². The van der Waals surface area contributed by atoms with E-state index in [0.29, 0.717) is 18.1 Å². The molecule has 2 aromatic rings. The predicted molar refractivity (Wildman–Crippen MR) is 91.8 cm³/mol. The third-order valence-electron chi connectivity index (χ3n) is 3.19. The van der Waals surface area contributed by atoms with Crippen LogP contribution in [0.3, 0.4) is 0 Å². The molecule has 2 N–H and O–H groups in total. The van der Waals surface area contributed by atoms with E-state index in [1.54, 1.807) is 18.2 Å². The summed E-state index contributed by atoms with van der Waals surface area (Å²) in [5, 5.41) is 6.98. The number of hydrogen-bond donors (Lipinski definition) is 2. The Bertz CT molecular complexity index is 763. The summed E-state index contributed by atoms with van der Waals surface area (Å²) in [6, 6.07) is 6.24. The summed E-state index contributed by atoms with van der Waals surface area (Å²) >= 11 is 0.881. The van der Waals surface area contributed by atoms with Gasteiger partial charge in [-0.05, 0) is 13.0 Å².